The SMILES string of the molecule is C/C(=C\N(/N=N/c1c(C(C)C)cccc1C(C)C)c1c(C(C)C)cccc1C(C)C)C1CCCCC1. The highest BCUT2D eigenvalue weighted by Gasteiger charge is 2.22. The highest BCUT2D eigenvalue weighted by molar-refractivity contribution is 5.63. The van der Waals surface area contributed by atoms with Crippen molar-refractivity contribution in [3.63, 3.8) is 0 Å². The lowest BCUT2D eigenvalue weighted by Crippen LogP contribution is -2.17. The molecule has 0 atom stereocenters. The third kappa shape index (κ3) is 6.66. The van der Waals surface area contributed by atoms with Crippen molar-refractivity contribution in [2.75, 3.05) is 5.01 Å². The molecule has 1 fully saturated rings. The lowest BCUT2D eigenvalue weighted by molar-refractivity contribution is 0.402. The van der Waals surface area contributed by atoms with E-state index in [0.717, 1.165) is 5.69 Å². The molecule has 0 saturated heterocycles. The van der Waals surface area contributed by atoms with Gasteiger partial charge in [0.05, 0.1) is 11.4 Å². The molecule has 3 heteroatoms. The maximum Gasteiger partial charge on any atom is 0.0943 e. The fourth-order valence-electron chi connectivity index (χ4n) is 5.49. The predicted octanol–water partition coefficient (Wildman–Crippen LogP) is 11.2. The average molecular weight is 488 g/mol. The second kappa shape index (κ2) is 12.7. The summed E-state index contributed by atoms with van der Waals surface area (Å²) >= 11 is 0. The molecule has 0 radical (unpaired) electrons. The third-order valence-electron chi connectivity index (χ3n) is 7.73. The van der Waals surface area contributed by atoms with Gasteiger partial charge in [-0.05, 0) is 71.6 Å². The van der Waals surface area contributed by atoms with E-state index in [0.29, 0.717) is 29.6 Å². The molecule has 3 nitrogen and oxygen atoms in total. The lowest BCUT2D eigenvalue weighted by Gasteiger charge is -2.28. The number of rotatable bonds is 9. The molecule has 0 bridgehead atoms. The summed E-state index contributed by atoms with van der Waals surface area (Å²) in [6, 6.07) is 13.3. The van der Waals surface area contributed by atoms with Gasteiger partial charge in [0.25, 0.3) is 0 Å². The summed E-state index contributed by atoms with van der Waals surface area (Å²) < 4.78 is 0. The fourth-order valence-corrected chi connectivity index (χ4v) is 5.49. The summed E-state index contributed by atoms with van der Waals surface area (Å²) in [5.74, 6) is 2.21. The molecule has 0 aromatic heterocycles. The van der Waals surface area contributed by atoms with Crippen LogP contribution in [-0.2, 0) is 0 Å². The number of hydrogen-bond acceptors (Lipinski definition) is 2. The quantitative estimate of drug-likeness (QED) is 0.255. The zero-order valence-corrected chi connectivity index (χ0v) is 24.3. The molecule has 1 saturated carbocycles. The van der Waals surface area contributed by atoms with Gasteiger partial charge < -0.3 is 0 Å². The number of allylic oxidation sites excluding steroid dienone is 1. The Morgan fingerprint density at radius 3 is 1.61 bits per heavy atom. The Kier molecular flexibility index (Phi) is 9.93. The normalized spacial score (nSPS) is 15.8. The van der Waals surface area contributed by atoms with E-state index in [-0.39, 0.29) is 0 Å². The molecule has 196 valence electrons. The Bertz CT molecular complexity index is 1000. The van der Waals surface area contributed by atoms with Gasteiger partial charge in [-0.3, -0.25) is 0 Å². The van der Waals surface area contributed by atoms with E-state index < -0.39 is 0 Å². The second-order valence-corrected chi connectivity index (χ2v) is 11.9. The molecule has 2 aromatic rings. The van der Waals surface area contributed by atoms with E-state index in [1.165, 1.54) is 65.6 Å². The molecule has 0 aliphatic heterocycles. The average Bonchev–Trinajstić information content (AvgIpc) is 2.85. The van der Waals surface area contributed by atoms with Crippen LogP contribution in [0.5, 0.6) is 0 Å². The van der Waals surface area contributed by atoms with Crippen LogP contribution in [0.15, 0.2) is 58.5 Å². The molecule has 0 amide bonds. The second-order valence-electron chi connectivity index (χ2n) is 11.9. The Labute approximate surface area is 221 Å². The first-order valence-corrected chi connectivity index (χ1v) is 14.3. The van der Waals surface area contributed by atoms with Gasteiger partial charge in [0.1, 0.15) is 0 Å². The molecule has 0 heterocycles. The highest BCUT2D eigenvalue weighted by Crippen LogP contribution is 2.39. The van der Waals surface area contributed by atoms with Crippen molar-refractivity contribution in [3.05, 3.63) is 70.4 Å². The van der Waals surface area contributed by atoms with Gasteiger partial charge in [0.2, 0.25) is 0 Å². The van der Waals surface area contributed by atoms with Crippen molar-refractivity contribution in [1.29, 1.82) is 0 Å². The minimum atomic E-state index is 0.389. The summed E-state index contributed by atoms with van der Waals surface area (Å²) in [6.07, 6.45) is 8.88. The van der Waals surface area contributed by atoms with Crippen LogP contribution in [0.2, 0.25) is 0 Å². The number of anilines is 1. The first kappa shape index (κ1) is 28.2. The van der Waals surface area contributed by atoms with Crippen LogP contribution >= 0.6 is 0 Å². The van der Waals surface area contributed by atoms with Crippen LogP contribution in [0, 0.1) is 5.92 Å². The van der Waals surface area contributed by atoms with Gasteiger partial charge in [0.15, 0.2) is 0 Å². The Hall–Kier alpha value is -2.42. The van der Waals surface area contributed by atoms with Crippen LogP contribution in [0.4, 0.5) is 11.4 Å². The largest absolute Gasteiger partial charge is 0.222 e. The number of benzene rings is 2. The van der Waals surface area contributed by atoms with Crippen molar-refractivity contribution in [2.45, 2.75) is 118 Å². The number of hydrogen-bond donors (Lipinski definition) is 0. The smallest absolute Gasteiger partial charge is 0.0943 e. The predicted molar refractivity (Wildman–Crippen MR) is 157 cm³/mol. The molecular weight excluding hydrogens is 438 g/mol. The summed E-state index contributed by atoms with van der Waals surface area (Å²) in [4.78, 5) is 0. The Balaban J connectivity index is 2.21. The zero-order valence-electron chi connectivity index (χ0n) is 24.3. The molecule has 36 heavy (non-hydrogen) atoms. The van der Waals surface area contributed by atoms with Crippen LogP contribution in [0.25, 0.3) is 0 Å². The summed E-state index contributed by atoms with van der Waals surface area (Å²) in [6.45, 7) is 20.4. The summed E-state index contributed by atoms with van der Waals surface area (Å²) in [5.41, 5.74) is 8.84. The minimum Gasteiger partial charge on any atom is -0.222 e. The molecule has 0 spiro atoms. The van der Waals surface area contributed by atoms with Gasteiger partial charge >= 0.3 is 0 Å². The lowest BCUT2D eigenvalue weighted by atomic mass is 9.84. The van der Waals surface area contributed by atoms with E-state index in [1.807, 2.05) is 0 Å². The van der Waals surface area contributed by atoms with E-state index in [9.17, 15) is 0 Å². The molecule has 3 rings (SSSR count). The first-order chi connectivity index (χ1) is 17.1. The topological polar surface area (TPSA) is 28.0 Å². The van der Waals surface area contributed by atoms with Crippen molar-refractivity contribution >= 4 is 11.4 Å². The van der Waals surface area contributed by atoms with Crippen molar-refractivity contribution < 1.29 is 0 Å². The maximum absolute atomic E-state index is 5.05. The highest BCUT2D eigenvalue weighted by atomic mass is 15.5. The Morgan fingerprint density at radius 1 is 0.722 bits per heavy atom. The Morgan fingerprint density at radius 2 is 1.17 bits per heavy atom. The zero-order chi connectivity index (χ0) is 26.4. The van der Waals surface area contributed by atoms with Crippen molar-refractivity contribution in [2.24, 2.45) is 16.3 Å². The minimum absolute atomic E-state index is 0.389. The van der Waals surface area contributed by atoms with Gasteiger partial charge in [-0.25, -0.2) is 5.01 Å². The van der Waals surface area contributed by atoms with Crippen LogP contribution < -0.4 is 5.01 Å². The van der Waals surface area contributed by atoms with Gasteiger partial charge in [-0.1, -0.05) is 122 Å². The van der Waals surface area contributed by atoms with Crippen LogP contribution in [-0.4, -0.2) is 0 Å². The monoisotopic (exact) mass is 487 g/mol. The van der Waals surface area contributed by atoms with E-state index in [2.05, 4.69) is 110 Å². The molecule has 0 unspecified atom stereocenters. The van der Waals surface area contributed by atoms with Crippen LogP contribution in [0.1, 0.15) is 140 Å². The van der Waals surface area contributed by atoms with Gasteiger partial charge in [0, 0.05) is 6.20 Å². The third-order valence-corrected chi connectivity index (χ3v) is 7.73. The molecule has 1 aliphatic carbocycles. The van der Waals surface area contributed by atoms with E-state index in [1.54, 1.807) is 0 Å². The van der Waals surface area contributed by atoms with Crippen LogP contribution in [0.3, 0.4) is 0 Å². The summed E-state index contributed by atoms with van der Waals surface area (Å²) in [7, 11) is 0. The first-order valence-electron chi connectivity index (χ1n) is 14.3. The number of nitrogens with zero attached hydrogens (tertiary/aromatic N) is 3. The van der Waals surface area contributed by atoms with E-state index >= 15 is 0 Å². The molecule has 2 aromatic carbocycles. The molecule has 1 aliphatic rings. The summed E-state index contributed by atoms with van der Waals surface area (Å²) in [5, 5.41) is 12.2. The van der Waals surface area contributed by atoms with E-state index in [4.69, 9.17) is 10.3 Å². The van der Waals surface area contributed by atoms with Crippen molar-refractivity contribution in [1.82, 2.24) is 0 Å². The van der Waals surface area contributed by atoms with Crippen molar-refractivity contribution in [3.8, 4) is 0 Å². The molecule has 0 N–H and O–H groups in total. The molecular formula is C33H49N3. The standard InChI is InChI=1S/C33H49N3/c1-22(2)28-17-13-18-29(23(3)4)32(28)34-35-36(21-26(9)27-15-11-10-12-16-27)33-30(24(5)6)19-14-20-31(33)25(7)8/h13-14,17-25,27H,10-12,15-16H2,1-9H3/b26-21+,35-34+. The maximum atomic E-state index is 5.05. The van der Waals surface area contributed by atoms with Gasteiger partial charge in [-0.2, -0.15) is 0 Å². The number of para-hydroxylation sites is 1. The van der Waals surface area contributed by atoms with Gasteiger partial charge in [-0.15, -0.1) is 5.11 Å². The fraction of sp³-hybridized carbons (Fsp3) is 0.576.